The molecule has 1 aliphatic carbocycles. The van der Waals surface area contributed by atoms with Crippen molar-refractivity contribution in [1.82, 2.24) is 0 Å². The van der Waals surface area contributed by atoms with E-state index in [0.717, 1.165) is 18.4 Å². The van der Waals surface area contributed by atoms with Crippen LogP contribution in [-0.2, 0) is 9.53 Å². The Bertz CT molecular complexity index is 247. The number of methoxy groups -OCH3 is 1. The van der Waals surface area contributed by atoms with Crippen LogP contribution in [0.25, 0.3) is 0 Å². The lowest BCUT2D eigenvalue weighted by atomic mass is 9.75. The molecule has 0 spiro atoms. The molecule has 0 aromatic carbocycles. The second kappa shape index (κ2) is 5.31. The Morgan fingerprint density at radius 1 is 1.73 bits per heavy atom. The molecular weight excluding hydrogens is 192 g/mol. The summed E-state index contributed by atoms with van der Waals surface area (Å²) in [6.07, 6.45) is 2.64. The van der Waals surface area contributed by atoms with Gasteiger partial charge in [0.15, 0.2) is 0 Å². The van der Waals surface area contributed by atoms with Crippen LogP contribution in [0.15, 0.2) is 12.2 Å². The van der Waals surface area contributed by atoms with Crippen LogP contribution < -0.4 is 0 Å². The minimum Gasteiger partial charge on any atom is -0.469 e. The van der Waals surface area contributed by atoms with Crippen LogP contribution in [0, 0.1) is 11.8 Å². The van der Waals surface area contributed by atoms with Gasteiger partial charge in [0.2, 0.25) is 0 Å². The number of hydrogen-bond acceptors (Lipinski definition) is 3. The van der Waals surface area contributed by atoms with Gasteiger partial charge in [-0.2, -0.15) is 0 Å². The highest BCUT2D eigenvalue weighted by Gasteiger charge is 2.33. The standard InChI is InChI=1S/C12H20O3/c1-4-11(13)10-7-9(12(14)15-3)6-5-8(10)2/h9-11,13H,2,4-7H2,1,3H3/t9-,10+,11+/m1/s1. The summed E-state index contributed by atoms with van der Waals surface area (Å²) in [4.78, 5) is 11.4. The molecule has 1 aliphatic rings. The summed E-state index contributed by atoms with van der Waals surface area (Å²) < 4.78 is 4.74. The van der Waals surface area contributed by atoms with Gasteiger partial charge in [-0.3, -0.25) is 4.79 Å². The van der Waals surface area contributed by atoms with Crippen molar-refractivity contribution < 1.29 is 14.6 Å². The van der Waals surface area contributed by atoms with Gasteiger partial charge < -0.3 is 9.84 Å². The largest absolute Gasteiger partial charge is 0.469 e. The maximum Gasteiger partial charge on any atom is 0.308 e. The van der Waals surface area contributed by atoms with Crippen LogP contribution >= 0.6 is 0 Å². The van der Waals surface area contributed by atoms with Gasteiger partial charge in [-0.25, -0.2) is 0 Å². The van der Waals surface area contributed by atoms with Crippen LogP contribution in [0.5, 0.6) is 0 Å². The van der Waals surface area contributed by atoms with E-state index in [1.54, 1.807) is 0 Å². The molecule has 0 aromatic heterocycles. The highest BCUT2D eigenvalue weighted by atomic mass is 16.5. The van der Waals surface area contributed by atoms with Gasteiger partial charge in [-0.1, -0.05) is 19.1 Å². The molecule has 3 nitrogen and oxygen atoms in total. The number of aliphatic hydroxyl groups is 1. The molecule has 1 saturated carbocycles. The van der Waals surface area contributed by atoms with Crippen molar-refractivity contribution in [2.24, 2.45) is 11.8 Å². The molecule has 15 heavy (non-hydrogen) atoms. The van der Waals surface area contributed by atoms with Crippen molar-refractivity contribution in [2.75, 3.05) is 7.11 Å². The van der Waals surface area contributed by atoms with Crippen molar-refractivity contribution in [3.63, 3.8) is 0 Å². The average Bonchev–Trinajstić information content (AvgIpc) is 2.27. The van der Waals surface area contributed by atoms with Crippen molar-refractivity contribution in [1.29, 1.82) is 0 Å². The molecular formula is C12H20O3. The Balaban J connectivity index is 2.63. The quantitative estimate of drug-likeness (QED) is 0.574. The summed E-state index contributed by atoms with van der Waals surface area (Å²) in [5.41, 5.74) is 1.07. The minimum atomic E-state index is -0.370. The van der Waals surface area contributed by atoms with Gasteiger partial charge in [-0.15, -0.1) is 0 Å². The van der Waals surface area contributed by atoms with Crippen molar-refractivity contribution >= 4 is 5.97 Å². The highest BCUT2D eigenvalue weighted by molar-refractivity contribution is 5.72. The summed E-state index contributed by atoms with van der Waals surface area (Å²) in [6.45, 7) is 5.92. The third-order valence-electron chi connectivity index (χ3n) is 3.29. The number of ether oxygens (including phenoxy) is 1. The van der Waals surface area contributed by atoms with Crippen molar-refractivity contribution in [3.8, 4) is 0 Å². The number of esters is 1. The van der Waals surface area contributed by atoms with Gasteiger partial charge in [0.25, 0.3) is 0 Å². The predicted molar refractivity (Wildman–Crippen MR) is 58.3 cm³/mol. The smallest absolute Gasteiger partial charge is 0.308 e. The zero-order valence-electron chi connectivity index (χ0n) is 9.53. The Morgan fingerprint density at radius 2 is 2.40 bits per heavy atom. The van der Waals surface area contributed by atoms with E-state index in [4.69, 9.17) is 4.74 Å². The second-order valence-electron chi connectivity index (χ2n) is 4.23. The molecule has 0 aromatic rings. The Labute approximate surface area is 91.1 Å². The maximum absolute atomic E-state index is 11.4. The SMILES string of the molecule is C=C1CC[C@@H](C(=O)OC)C[C@@H]1[C@@H](O)CC. The van der Waals surface area contributed by atoms with E-state index in [1.807, 2.05) is 6.92 Å². The molecule has 0 saturated heterocycles. The van der Waals surface area contributed by atoms with Crippen LogP contribution in [0.4, 0.5) is 0 Å². The van der Waals surface area contributed by atoms with Crippen LogP contribution in [0.1, 0.15) is 32.6 Å². The fourth-order valence-electron chi connectivity index (χ4n) is 2.23. The third-order valence-corrected chi connectivity index (χ3v) is 3.29. The van der Waals surface area contributed by atoms with Gasteiger partial charge in [-0.05, 0) is 25.7 Å². The van der Waals surface area contributed by atoms with E-state index in [-0.39, 0.29) is 23.9 Å². The first-order valence-electron chi connectivity index (χ1n) is 5.53. The Kier molecular flexibility index (Phi) is 4.33. The zero-order chi connectivity index (χ0) is 11.4. The molecule has 0 unspecified atom stereocenters. The summed E-state index contributed by atoms with van der Waals surface area (Å²) >= 11 is 0. The zero-order valence-corrected chi connectivity index (χ0v) is 9.53. The van der Waals surface area contributed by atoms with E-state index < -0.39 is 0 Å². The summed E-state index contributed by atoms with van der Waals surface area (Å²) in [5.74, 6) is -0.157. The topological polar surface area (TPSA) is 46.5 Å². The van der Waals surface area contributed by atoms with Gasteiger partial charge >= 0.3 is 5.97 Å². The minimum absolute atomic E-state index is 0.0628. The predicted octanol–water partition coefficient (Wildman–Crippen LogP) is 1.90. The molecule has 0 bridgehead atoms. The Hall–Kier alpha value is -0.830. The summed E-state index contributed by atoms with van der Waals surface area (Å²) in [6, 6.07) is 0. The van der Waals surface area contributed by atoms with Crippen LogP contribution in [0.2, 0.25) is 0 Å². The summed E-state index contributed by atoms with van der Waals surface area (Å²) in [7, 11) is 1.41. The highest BCUT2D eigenvalue weighted by Crippen LogP contribution is 2.35. The monoisotopic (exact) mass is 212 g/mol. The molecule has 0 radical (unpaired) electrons. The number of rotatable bonds is 3. The fourth-order valence-corrected chi connectivity index (χ4v) is 2.23. The van der Waals surface area contributed by atoms with E-state index in [2.05, 4.69) is 6.58 Å². The lowest BCUT2D eigenvalue weighted by molar-refractivity contribution is -0.147. The van der Waals surface area contributed by atoms with Crippen molar-refractivity contribution in [2.45, 2.75) is 38.7 Å². The number of carbonyl (C=O) groups excluding carboxylic acids is 1. The Morgan fingerprint density at radius 3 is 2.93 bits per heavy atom. The first-order chi connectivity index (χ1) is 7.10. The number of aliphatic hydroxyl groups excluding tert-OH is 1. The summed E-state index contributed by atoms with van der Waals surface area (Å²) in [5, 5.41) is 9.81. The lowest BCUT2D eigenvalue weighted by Crippen LogP contribution is -2.31. The van der Waals surface area contributed by atoms with E-state index in [9.17, 15) is 9.90 Å². The molecule has 3 atom stereocenters. The van der Waals surface area contributed by atoms with E-state index in [0.29, 0.717) is 12.8 Å². The molecule has 0 heterocycles. The van der Waals surface area contributed by atoms with E-state index >= 15 is 0 Å². The molecule has 1 rings (SSSR count). The van der Waals surface area contributed by atoms with Gasteiger partial charge in [0.1, 0.15) is 0 Å². The normalized spacial score (nSPS) is 28.6. The first kappa shape index (κ1) is 12.2. The molecule has 0 aliphatic heterocycles. The number of hydrogen-bond donors (Lipinski definition) is 1. The molecule has 0 amide bonds. The van der Waals surface area contributed by atoms with Crippen molar-refractivity contribution in [3.05, 3.63) is 12.2 Å². The molecule has 3 heteroatoms. The van der Waals surface area contributed by atoms with Gasteiger partial charge in [0, 0.05) is 5.92 Å². The molecule has 1 N–H and O–H groups in total. The van der Waals surface area contributed by atoms with Crippen LogP contribution in [-0.4, -0.2) is 24.3 Å². The average molecular weight is 212 g/mol. The number of carbonyl (C=O) groups is 1. The fraction of sp³-hybridized carbons (Fsp3) is 0.750. The van der Waals surface area contributed by atoms with E-state index in [1.165, 1.54) is 7.11 Å². The van der Waals surface area contributed by atoms with Gasteiger partial charge in [0.05, 0.1) is 19.1 Å². The van der Waals surface area contributed by atoms with Crippen LogP contribution in [0.3, 0.4) is 0 Å². The molecule has 1 fully saturated rings. The first-order valence-corrected chi connectivity index (χ1v) is 5.53. The lowest BCUT2D eigenvalue weighted by Gasteiger charge is -2.32. The molecule has 86 valence electrons. The third kappa shape index (κ3) is 2.81. The maximum atomic E-state index is 11.4. The second-order valence-corrected chi connectivity index (χ2v) is 4.23.